The van der Waals surface area contributed by atoms with Crippen molar-refractivity contribution in [1.82, 2.24) is 5.32 Å². The molecule has 0 amide bonds. The molecule has 1 aromatic carbocycles. The molecule has 1 aromatic rings. The van der Waals surface area contributed by atoms with E-state index in [4.69, 9.17) is 23.2 Å². The van der Waals surface area contributed by atoms with Gasteiger partial charge in [0, 0.05) is 34.4 Å². The zero-order valence-electron chi connectivity index (χ0n) is 9.58. The molecule has 2 nitrogen and oxygen atoms in total. The fourth-order valence-electron chi connectivity index (χ4n) is 2.02. The lowest BCUT2D eigenvalue weighted by Gasteiger charge is -2.30. The van der Waals surface area contributed by atoms with Gasteiger partial charge in [-0.2, -0.15) is 0 Å². The monoisotopic (exact) mass is 291 g/mol. The Balaban J connectivity index is 2.20. The van der Waals surface area contributed by atoms with Crippen molar-refractivity contribution in [3.8, 4) is 0 Å². The Labute approximate surface area is 114 Å². The quantitative estimate of drug-likeness (QED) is 0.907. The SMILES string of the molecule is CCC1CS(=O)CC(c2ccc(Cl)c(Cl)c2)N1. The fourth-order valence-corrected chi connectivity index (χ4v) is 3.90. The smallest absolute Gasteiger partial charge is 0.0595 e. The van der Waals surface area contributed by atoms with Crippen LogP contribution >= 0.6 is 23.2 Å². The molecule has 5 heteroatoms. The summed E-state index contributed by atoms with van der Waals surface area (Å²) < 4.78 is 11.8. The molecular formula is C12H15Cl2NOS. The first-order chi connectivity index (χ1) is 8.10. The molecule has 0 bridgehead atoms. The zero-order chi connectivity index (χ0) is 12.4. The van der Waals surface area contributed by atoms with Gasteiger partial charge >= 0.3 is 0 Å². The van der Waals surface area contributed by atoms with Gasteiger partial charge in [0.1, 0.15) is 0 Å². The molecule has 0 radical (unpaired) electrons. The molecule has 17 heavy (non-hydrogen) atoms. The second-order valence-corrected chi connectivity index (χ2v) is 6.63. The van der Waals surface area contributed by atoms with Crippen molar-refractivity contribution in [2.45, 2.75) is 25.4 Å². The number of nitrogens with one attached hydrogen (secondary N) is 1. The summed E-state index contributed by atoms with van der Waals surface area (Å²) in [6.07, 6.45) is 0.990. The van der Waals surface area contributed by atoms with Crippen molar-refractivity contribution in [3.63, 3.8) is 0 Å². The lowest BCUT2D eigenvalue weighted by molar-refractivity contribution is 0.456. The van der Waals surface area contributed by atoms with Crippen LogP contribution in [0.25, 0.3) is 0 Å². The Hall–Kier alpha value is -0.0900. The average molecular weight is 292 g/mol. The van der Waals surface area contributed by atoms with E-state index in [-0.39, 0.29) is 6.04 Å². The van der Waals surface area contributed by atoms with E-state index in [1.54, 1.807) is 6.07 Å². The van der Waals surface area contributed by atoms with Gasteiger partial charge in [-0.1, -0.05) is 36.2 Å². The number of hydrogen-bond acceptors (Lipinski definition) is 2. The highest BCUT2D eigenvalue weighted by Crippen LogP contribution is 2.27. The maximum atomic E-state index is 11.8. The molecule has 3 atom stereocenters. The van der Waals surface area contributed by atoms with Gasteiger partial charge in [-0.3, -0.25) is 4.21 Å². The van der Waals surface area contributed by atoms with E-state index in [0.29, 0.717) is 21.8 Å². The second-order valence-electron chi connectivity index (χ2n) is 4.27. The van der Waals surface area contributed by atoms with E-state index in [1.807, 2.05) is 12.1 Å². The van der Waals surface area contributed by atoms with Gasteiger partial charge in [0.15, 0.2) is 0 Å². The second kappa shape index (κ2) is 5.70. The Kier molecular flexibility index (Phi) is 4.47. The van der Waals surface area contributed by atoms with Crippen LogP contribution in [0.3, 0.4) is 0 Å². The molecule has 2 rings (SSSR count). The standard InChI is InChI=1S/C12H15Cl2NOS/c1-2-9-6-17(16)7-12(15-9)8-3-4-10(13)11(14)5-8/h3-5,9,12,15H,2,6-7H2,1H3. The Morgan fingerprint density at radius 3 is 2.76 bits per heavy atom. The Morgan fingerprint density at radius 2 is 2.12 bits per heavy atom. The minimum Gasteiger partial charge on any atom is -0.305 e. The fraction of sp³-hybridized carbons (Fsp3) is 0.500. The molecule has 1 aliphatic heterocycles. The summed E-state index contributed by atoms with van der Waals surface area (Å²) in [5.41, 5.74) is 1.06. The number of halogens is 2. The van der Waals surface area contributed by atoms with Crippen LogP contribution in [0.2, 0.25) is 10.0 Å². The summed E-state index contributed by atoms with van der Waals surface area (Å²) in [5, 5.41) is 4.61. The molecular weight excluding hydrogens is 277 g/mol. The first kappa shape index (κ1) is 13.3. The van der Waals surface area contributed by atoms with Crippen LogP contribution < -0.4 is 5.32 Å². The normalized spacial score (nSPS) is 29.2. The molecule has 94 valence electrons. The van der Waals surface area contributed by atoms with Crippen LogP contribution in [0.5, 0.6) is 0 Å². The summed E-state index contributed by atoms with van der Waals surface area (Å²) in [5.74, 6) is 1.39. The van der Waals surface area contributed by atoms with Crippen LogP contribution in [-0.2, 0) is 10.8 Å². The van der Waals surface area contributed by atoms with E-state index in [9.17, 15) is 4.21 Å². The predicted molar refractivity (Wildman–Crippen MR) is 74.3 cm³/mol. The van der Waals surface area contributed by atoms with E-state index in [1.165, 1.54) is 0 Å². The van der Waals surface area contributed by atoms with Crippen molar-refractivity contribution in [2.24, 2.45) is 0 Å². The predicted octanol–water partition coefficient (Wildman–Crippen LogP) is 3.17. The van der Waals surface area contributed by atoms with Crippen molar-refractivity contribution < 1.29 is 4.21 Å². The summed E-state index contributed by atoms with van der Waals surface area (Å²) in [4.78, 5) is 0. The number of benzene rings is 1. The van der Waals surface area contributed by atoms with Crippen LogP contribution in [0.4, 0.5) is 0 Å². The largest absolute Gasteiger partial charge is 0.305 e. The number of rotatable bonds is 2. The van der Waals surface area contributed by atoms with Crippen LogP contribution in [0.15, 0.2) is 18.2 Å². The van der Waals surface area contributed by atoms with E-state index >= 15 is 0 Å². The first-order valence-electron chi connectivity index (χ1n) is 5.66. The summed E-state index contributed by atoms with van der Waals surface area (Å²) in [6, 6.07) is 6.03. The number of hydrogen-bond donors (Lipinski definition) is 1. The lowest BCUT2D eigenvalue weighted by Crippen LogP contribution is -2.44. The lowest BCUT2D eigenvalue weighted by atomic mass is 10.1. The third-order valence-corrected chi connectivity index (χ3v) is 5.23. The highest BCUT2D eigenvalue weighted by molar-refractivity contribution is 7.85. The Morgan fingerprint density at radius 1 is 1.35 bits per heavy atom. The van der Waals surface area contributed by atoms with Crippen molar-refractivity contribution >= 4 is 34.0 Å². The molecule has 1 aliphatic rings. The van der Waals surface area contributed by atoms with Crippen molar-refractivity contribution in [1.29, 1.82) is 0 Å². The van der Waals surface area contributed by atoms with Gasteiger partial charge in [0.05, 0.1) is 10.0 Å². The molecule has 1 fully saturated rings. The van der Waals surface area contributed by atoms with Gasteiger partial charge in [-0.25, -0.2) is 0 Å². The first-order valence-corrected chi connectivity index (χ1v) is 7.90. The minimum absolute atomic E-state index is 0.115. The van der Waals surface area contributed by atoms with Gasteiger partial charge < -0.3 is 5.32 Å². The summed E-state index contributed by atoms with van der Waals surface area (Å²) in [6.45, 7) is 2.10. The third kappa shape index (κ3) is 3.22. The summed E-state index contributed by atoms with van der Waals surface area (Å²) in [7, 11) is -0.751. The van der Waals surface area contributed by atoms with Gasteiger partial charge in [-0.05, 0) is 24.1 Å². The molecule has 0 saturated carbocycles. The van der Waals surface area contributed by atoms with E-state index < -0.39 is 10.8 Å². The Bertz CT molecular complexity index is 439. The molecule has 1 N–H and O–H groups in total. The van der Waals surface area contributed by atoms with Crippen molar-refractivity contribution in [3.05, 3.63) is 33.8 Å². The summed E-state index contributed by atoms with van der Waals surface area (Å²) >= 11 is 11.9. The maximum Gasteiger partial charge on any atom is 0.0595 e. The average Bonchev–Trinajstić information content (AvgIpc) is 2.32. The van der Waals surface area contributed by atoms with Gasteiger partial charge in [0.2, 0.25) is 0 Å². The molecule has 0 aliphatic carbocycles. The minimum atomic E-state index is -0.751. The zero-order valence-corrected chi connectivity index (χ0v) is 11.9. The molecule has 1 heterocycles. The van der Waals surface area contributed by atoms with E-state index in [0.717, 1.165) is 17.7 Å². The third-order valence-electron chi connectivity index (χ3n) is 3.02. The van der Waals surface area contributed by atoms with Gasteiger partial charge in [0.25, 0.3) is 0 Å². The topological polar surface area (TPSA) is 29.1 Å². The molecule has 0 spiro atoms. The maximum absolute atomic E-state index is 11.8. The highest BCUT2D eigenvalue weighted by Gasteiger charge is 2.25. The van der Waals surface area contributed by atoms with Crippen LogP contribution in [-0.4, -0.2) is 21.8 Å². The highest BCUT2D eigenvalue weighted by atomic mass is 35.5. The van der Waals surface area contributed by atoms with Gasteiger partial charge in [-0.15, -0.1) is 0 Å². The van der Waals surface area contributed by atoms with E-state index in [2.05, 4.69) is 12.2 Å². The molecule has 1 saturated heterocycles. The van der Waals surface area contributed by atoms with Crippen molar-refractivity contribution in [2.75, 3.05) is 11.5 Å². The molecule has 0 aromatic heterocycles. The molecule has 3 unspecified atom stereocenters. The van der Waals surface area contributed by atoms with Crippen LogP contribution in [0, 0.1) is 0 Å². The van der Waals surface area contributed by atoms with Crippen LogP contribution in [0.1, 0.15) is 24.9 Å².